The van der Waals surface area contributed by atoms with E-state index in [1.807, 2.05) is 0 Å². The van der Waals surface area contributed by atoms with Crippen molar-refractivity contribution in [3.8, 4) is 0 Å². The molecule has 0 aromatic rings. The van der Waals surface area contributed by atoms with Gasteiger partial charge < -0.3 is 4.74 Å². The zero-order valence-corrected chi connectivity index (χ0v) is 5.35. The molecule has 1 saturated heterocycles. The standard InChI is InChI=1S/C7H10O2/c8-6-4-9-5-7(6)2-1-3-7/h1-5H2. The topological polar surface area (TPSA) is 26.3 Å². The minimum atomic E-state index is 0.0139. The van der Waals surface area contributed by atoms with E-state index in [-0.39, 0.29) is 5.41 Å². The number of carbonyl (C=O) groups is 1. The first kappa shape index (κ1) is 5.42. The molecule has 0 unspecified atom stereocenters. The van der Waals surface area contributed by atoms with Crippen molar-refractivity contribution in [3.63, 3.8) is 0 Å². The largest absolute Gasteiger partial charge is 0.373 e. The van der Waals surface area contributed by atoms with Crippen molar-refractivity contribution < 1.29 is 9.53 Å². The summed E-state index contributed by atoms with van der Waals surface area (Å²) >= 11 is 0. The van der Waals surface area contributed by atoms with Crippen molar-refractivity contribution in [3.05, 3.63) is 0 Å². The number of hydrogen-bond donors (Lipinski definition) is 0. The first-order valence-corrected chi connectivity index (χ1v) is 3.45. The summed E-state index contributed by atoms with van der Waals surface area (Å²) in [5.74, 6) is 0.341. The van der Waals surface area contributed by atoms with Crippen molar-refractivity contribution in [2.75, 3.05) is 13.2 Å². The van der Waals surface area contributed by atoms with Crippen LogP contribution in [0.2, 0.25) is 0 Å². The average molecular weight is 126 g/mol. The molecule has 0 amide bonds. The lowest BCUT2D eigenvalue weighted by Crippen LogP contribution is -2.36. The van der Waals surface area contributed by atoms with E-state index in [1.165, 1.54) is 6.42 Å². The van der Waals surface area contributed by atoms with E-state index in [4.69, 9.17) is 4.74 Å². The SMILES string of the molecule is O=C1COCC12CCC2. The predicted molar refractivity (Wildman–Crippen MR) is 32.1 cm³/mol. The van der Waals surface area contributed by atoms with E-state index in [2.05, 4.69) is 0 Å². The molecule has 1 aliphatic heterocycles. The molecule has 2 heteroatoms. The van der Waals surface area contributed by atoms with Crippen LogP contribution in [0.15, 0.2) is 0 Å². The van der Waals surface area contributed by atoms with Gasteiger partial charge in [0.25, 0.3) is 0 Å². The second-order valence-electron chi connectivity index (χ2n) is 3.05. The summed E-state index contributed by atoms with van der Waals surface area (Å²) in [5.41, 5.74) is 0.0139. The Morgan fingerprint density at radius 1 is 1.44 bits per heavy atom. The molecule has 0 aromatic heterocycles. The Labute approximate surface area is 54.2 Å². The van der Waals surface area contributed by atoms with Crippen molar-refractivity contribution in [2.45, 2.75) is 19.3 Å². The third-order valence-electron chi connectivity index (χ3n) is 2.51. The first-order valence-electron chi connectivity index (χ1n) is 3.45. The van der Waals surface area contributed by atoms with Crippen LogP contribution in [0.1, 0.15) is 19.3 Å². The second-order valence-corrected chi connectivity index (χ2v) is 3.05. The van der Waals surface area contributed by atoms with Crippen LogP contribution in [0.5, 0.6) is 0 Å². The van der Waals surface area contributed by atoms with Gasteiger partial charge in [0.15, 0.2) is 5.78 Å². The van der Waals surface area contributed by atoms with E-state index in [9.17, 15) is 4.79 Å². The van der Waals surface area contributed by atoms with E-state index in [0.717, 1.165) is 12.8 Å². The molecule has 0 bridgehead atoms. The fourth-order valence-corrected chi connectivity index (χ4v) is 1.60. The molecule has 0 radical (unpaired) electrons. The van der Waals surface area contributed by atoms with Crippen LogP contribution < -0.4 is 0 Å². The minimum Gasteiger partial charge on any atom is -0.373 e. The molecule has 0 aromatic carbocycles. The molecule has 9 heavy (non-hydrogen) atoms. The lowest BCUT2D eigenvalue weighted by Gasteiger charge is -2.34. The highest BCUT2D eigenvalue weighted by molar-refractivity contribution is 5.88. The van der Waals surface area contributed by atoms with Crippen molar-refractivity contribution in [1.82, 2.24) is 0 Å². The Morgan fingerprint density at radius 3 is 2.44 bits per heavy atom. The third-order valence-corrected chi connectivity index (χ3v) is 2.51. The lowest BCUT2D eigenvalue weighted by molar-refractivity contribution is -0.128. The Hall–Kier alpha value is -0.370. The second kappa shape index (κ2) is 1.57. The number of rotatable bonds is 0. The van der Waals surface area contributed by atoms with Crippen LogP contribution >= 0.6 is 0 Å². The molecule has 1 heterocycles. The van der Waals surface area contributed by atoms with Gasteiger partial charge in [0, 0.05) is 0 Å². The van der Waals surface area contributed by atoms with Gasteiger partial charge in [-0.2, -0.15) is 0 Å². The predicted octanol–water partition coefficient (Wildman–Crippen LogP) is 0.756. The van der Waals surface area contributed by atoms with Crippen molar-refractivity contribution >= 4 is 5.78 Å². The summed E-state index contributed by atoms with van der Waals surface area (Å²) in [6, 6.07) is 0. The fourth-order valence-electron chi connectivity index (χ4n) is 1.60. The van der Waals surface area contributed by atoms with Crippen LogP contribution in [0.25, 0.3) is 0 Å². The number of Topliss-reactive ketones (excluding diaryl/α,β-unsaturated/α-hetero) is 1. The van der Waals surface area contributed by atoms with Gasteiger partial charge in [0.1, 0.15) is 6.61 Å². The van der Waals surface area contributed by atoms with Gasteiger partial charge in [-0.15, -0.1) is 0 Å². The Balaban J connectivity index is 2.17. The molecule has 2 fully saturated rings. The highest BCUT2D eigenvalue weighted by Gasteiger charge is 2.47. The maximum Gasteiger partial charge on any atom is 0.166 e. The van der Waals surface area contributed by atoms with Gasteiger partial charge >= 0.3 is 0 Å². The zero-order valence-electron chi connectivity index (χ0n) is 5.35. The summed E-state index contributed by atoms with van der Waals surface area (Å²) < 4.78 is 5.06. The van der Waals surface area contributed by atoms with Gasteiger partial charge in [0.05, 0.1) is 12.0 Å². The first-order chi connectivity index (χ1) is 4.33. The van der Waals surface area contributed by atoms with Gasteiger partial charge in [-0.05, 0) is 12.8 Å². The van der Waals surface area contributed by atoms with E-state index in [1.54, 1.807) is 0 Å². The molecule has 2 nitrogen and oxygen atoms in total. The van der Waals surface area contributed by atoms with Gasteiger partial charge in [-0.1, -0.05) is 6.42 Å². The number of ketones is 1. The normalized spacial score (nSPS) is 30.9. The molecule has 0 atom stereocenters. The lowest BCUT2D eigenvalue weighted by atomic mass is 9.68. The summed E-state index contributed by atoms with van der Waals surface area (Å²) in [4.78, 5) is 11.1. The van der Waals surface area contributed by atoms with Crippen LogP contribution in [-0.4, -0.2) is 19.0 Å². The monoisotopic (exact) mass is 126 g/mol. The number of carbonyl (C=O) groups excluding carboxylic acids is 1. The van der Waals surface area contributed by atoms with Crippen LogP contribution in [0.3, 0.4) is 0 Å². The molecule has 1 aliphatic carbocycles. The highest BCUT2D eigenvalue weighted by Crippen LogP contribution is 2.44. The Kier molecular flexibility index (Phi) is 0.943. The van der Waals surface area contributed by atoms with Crippen LogP contribution in [0.4, 0.5) is 0 Å². The molecular formula is C7H10O2. The van der Waals surface area contributed by atoms with Crippen LogP contribution in [0, 0.1) is 5.41 Å². The van der Waals surface area contributed by atoms with E-state index >= 15 is 0 Å². The van der Waals surface area contributed by atoms with Crippen molar-refractivity contribution in [1.29, 1.82) is 0 Å². The smallest absolute Gasteiger partial charge is 0.166 e. The Bertz CT molecular complexity index is 147. The molecule has 2 rings (SSSR count). The Morgan fingerprint density at radius 2 is 2.22 bits per heavy atom. The zero-order chi connectivity index (χ0) is 6.32. The third kappa shape index (κ3) is 0.568. The van der Waals surface area contributed by atoms with Gasteiger partial charge in [-0.25, -0.2) is 0 Å². The summed E-state index contributed by atoms with van der Waals surface area (Å²) in [6.45, 7) is 1.08. The quantitative estimate of drug-likeness (QED) is 0.479. The molecular weight excluding hydrogens is 116 g/mol. The summed E-state index contributed by atoms with van der Waals surface area (Å²) in [6.07, 6.45) is 3.37. The molecule has 50 valence electrons. The van der Waals surface area contributed by atoms with E-state index in [0.29, 0.717) is 19.0 Å². The highest BCUT2D eigenvalue weighted by atomic mass is 16.5. The molecule has 2 aliphatic rings. The van der Waals surface area contributed by atoms with Gasteiger partial charge in [-0.3, -0.25) is 4.79 Å². The maximum atomic E-state index is 11.1. The molecule has 0 N–H and O–H groups in total. The number of ether oxygens (including phenoxy) is 1. The number of hydrogen-bond acceptors (Lipinski definition) is 2. The van der Waals surface area contributed by atoms with Gasteiger partial charge in [0.2, 0.25) is 0 Å². The minimum absolute atomic E-state index is 0.0139. The van der Waals surface area contributed by atoms with E-state index < -0.39 is 0 Å². The summed E-state index contributed by atoms with van der Waals surface area (Å²) in [5, 5.41) is 0. The molecule has 1 saturated carbocycles. The summed E-state index contributed by atoms with van der Waals surface area (Å²) in [7, 11) is 0. The maximum absolute atomic E-state index is 11.1. The fraction of sp³-hybridized carbons (Fsp3) is 0.857. The average Bonchev–Trinajstić information content (AvgIpc) is 2.07. The van der Waals surface area contributed by atoms with Crippen LogP contribution in [-0.2, 0) is 9.53 Å². The molecule has 1 spiro atoms. The van der Waals surface area contributed by atoms with Crippen molar-refractivity contribution in [2.24, 2.45) is 5.41 Å².